The highest BCUT2D eigenvalue weighted by molar-refractivity contribution is 5.80. The van der Waals surface area contributed by atoms with Crippen LogP contribution in [0, 0.1) is 52.3 Å². The summed E-state index contributed by atoms with van der Waals surface area (Å²) in [6, 6.07) is 10.1. The van der Waals surface area contributed by atoms with E-state index in [2.05, 4.69) is 63.5 Å². The lowest BCUT2D eigenvalue weighted by Crippen LogP contribution is -2.56. The summed E-state index contributed by atoms with van der Waals surface area (Å²) in [5.74, 6) is 7.10. The Morgan fingerprint density at radius 2 is 1.89 bits per heavy atom. The Morgan fingerprint density at radius 3 is 2.64 bits per heavy atom. The first-order valence-corrected chi connectivity index (χ1v) is 17.1. The van der Waals surface area contributed by atoms with Crippen LogP contribution in [0.4, 0.5) is 0 Å². The van der Waals surface area contributed by atoms with E-state index in [1.807, 2.05) is 6.92 Å². The van der Waals surface area contributed by atoms with Crippen molar-refractivity contribution in [1.82, 2.24) is 10.3 Å². The fourth-order valence-electron chi connectivity index (χ4n) is 11.6. The van der Waals surface area contributed by atoms with Gasteiger partial charge in [0, 0.05) is 42.4 Å². The number of para-hydroxylation sites is 1. The number of guanidine groups is 1. The van der Waals surface area contributed by atoms with Crippen molar-refractivity contribution in [1.29, 1.82) is 0 Å². The molecule has 8 nitrogen and oxygen atoms in total. The van der Waals surface area contributed by atoms with Crippen molar-refractivity contribution in [3.05, 3.63) is 47.7 Å². The number of aliphatic hydroxyl groups excluding tert-OH is 2. The molecule has 7 aliphatic rings. The molecule has 5 fully saturated rings. The van der Waals surface area contributed by atoms with Gasteiger partial charge in [-0.3, -0.25) is 4.99 Å². The van der Waals surface area contributed by atoms with Gasteiger partial charge < -0.3 is 36.5 Å². The van der Waals surface area contributed by atoms with Crippen LogP contribution in [0.5, 0.6) is 0 Å². The molecular weight excluding hydrogens is 564 g/mol. The van der Waals surface area contributed by atoms with Gasteiger partial charge in [0.15, 0.2) is 5.96 Å². The van der Waals surface area contributed by atoms with E-state index in [1.165, 1.54) is 11.0 Å². The van der Waals surface area contributed by atoms with Crippen molar-refractivity contribution in [2.24, 2.45) is 51.1 Å². The number of aromatic amines is 1. The van der Waals surface area contributed by atoms with Gasteiger partial charge in [-0.15, -0.1) is 0 Å². The van der Waals surface area contributed by atoms with Crippen molar-refractivity contribution in [3.8, 4) is 11.8 Å². The smallest absolute Gasteiger partial charge is 0.189 e. The Kier molecular flexibility index (Phi) is 6.62. The number of hydrogen-bond acceptors (Lipinski definition) is 5. The summed E-state index contributed by atoms with van der Waals surface area (Å²) in [5, 5.41) is 52.2. The minimum atomic E-state index is -1.44. The summed E-state index contributed by atoms with van der Waals surface area (Å²) in [4.78, 5) is 7.81. The average Bonchev–Trinajstić information content (AvgIpc) is 3.63. The molecule has 0 aliphatic heterocycles. The first-order chi connectivity index (χ1) is 21.5. The summed E-state index contributed by atoms with van der Waals surface area (Å²) in [5.41, 5.74) is 6.78. The molecule has 2 aromatic rings. The zero-order chi connectivity index (χ0) is 31.4. The molecule has 45 heavy (non-hydrogen) atoms. The highest BCUT2D eigenvalue weighted by atomic mass is 16.3. The molecule has 0 radical (unpaired) electrons. The normalized spacial score (nSPS) is 46.9. The predicted molar refractivity (Wildman–Crippen MR) is 174 cm³/mol. The summed E-state index contributed by atoms with van der Waals surface area (Å²) in [7, 11) is 1.62. The van der Waals surface area contributed by atoms with Crippen LogP contribution in [0.15, 0.2) is 47.0 Å². The molecule has 0 saturated heterocycles. The van der Waals surface area contributed by atoms with Crippen molar-refractivity contribution in [3.63, 3.8) is 0 Å². The van der Waals surface area contributed by atoms with E-state index >= 15 is 0 Å². The molecule has 240 valence electrons. The summed E-state index contributed by atoms with van der Waals surface area (Å²) < 4.78 is 0. The number of nitrogens with zero attached hydrogens (tertiary/aromatic N) is 1. The second kappa shape index (κ2) is 10.1. The van der Waals surface area contributed by atoms with Gasteiger partial charge in [0.05, 0.1) is 29.5 Å². The highest BCUT2D eigenvalue weighted by Gasteiger charge is 2.71. The molecular formula is C37H48N4O4. The molecule has 12 unspecified atom stereocenters. The van der Waals surface area contributed by atoms with Gasteiger partial charge in [-0.05, 0) is 105 Å². The Morgan fingerprint density at radius 1 is 1.07 bits per heavy atom. The monoisotopic (exact) mass is 612 g/mol. The van der Waals surface area contributed by atoms with Gasteiger partial charge >= 0.3 is 0 Å². The first kappa shape index (κ1) is 29.6. The van der Waals surface area contributed by atoms with E-state index in [4.69, 9.17) is 5.73 Å². The highest BCUT2D eigenvalue weighted by Crippen LogP contribution is 2.71. The van der Waals surface area contributed by atoms with Gasteiger partial charge in [-0.25, -0.2) is 0 Å². The molecule has 1 aromatic carbocycles. The predicted octanol–water partition coefficient (Wildman–Crippen LogP) is 3.39. The summed E-state index contributed by atoms with van der Waals surface area (Å²) in [6.07, 6.45) is 8.42. The molecule has 1 aromatic heterocycles. The number of nitrogens with two attached hydrogens (primary N) is 1. The van der Waals surface area contributed by atoms with Crippen molar-refractivity contribution in [2.45, 2.75) is 101 Å². The number of benzene rings is 1. The fourth-order valence-corrected chi connectivity index (χ4v) is 11.6. The molecule has 8 heteroatoms. The maximum absolute atomic E-state index is 12.8. The van der Waals surface area contributed by atoms with Crippen molar-refractivity contribution in [2.75, 3.05) is 7.05 Å². The fraction of sp³-hybridized carbons (Fsp3) is 0.649. The third-order valence-electron chi connectivity index (χ3n) is 13.6. The van der Waals surface area contributed by atoms with Crippen molar-refractivity contribution >= 4 is 16.9 Å². The lowest BCUT2D eigenvalue weighted by Gasteiger charge is -2.57. The molecule has 1 heterocycles. The molecule has 9 rings (SSSR count). The number of rotatable bonds is 3. The Hall–Kier alpha value is -2.83. The Balaban J connectivity index is 1.36. The quantitative estimate of drug-likeness (QED) is 0.122. The first-order valence-electron chi connectivity index (χ1n) is 17.1. The maximum Gasteiger partial charge on any atom is 0.189 e. The van der Waals surface area contributed by atoms with Gasteiger partial charge in [-0.2, -0.15) is 0 Å². The number of H-pyrrole nitrogens is 1. The van der Waals surface area contributed by atoms with E-state index < -0.39 is 23.3 Å². The number of aliphatic hydroxyl groups is 4. The lowest BCUT2D eigenvalue weighted by molar-refractivity contribution is -0.128. The topological polar surface area (TPSA) is 147 Å². The van der Waals surface area contributed by atoms with Crippen LogP contribution in [0.2, 0.25) is 0 Å². The molecule has 0 amide bonds. The molecule has 4 bridgehead atoms. The van der Waals surface area contributed by atoms with E-state index in [-0.39, 0.29) is 58.9 Å². The van der Waals surface area contributed by atoms with Gasteiger partial charge in [-0.1, -0.05) is 41.7 Å². The number of nitrogens with one attached hydrogen (secondary N) is 2. The minimum Gasteiger partial charge on any atom is -0.393 e. The van der Waals surface area contributed by atoms with E-state index in [9.17, 15) is 20.4 Å². The lowest BCUT2D eigenvalue weighted by atomic mass is 9.46. The standard InChI is InChI=1S/C37H48N4O4/c1-34(44)22-8-10-28-32-29(34)15-31(43)37(32,45)19-25(41-33(38)39-2)9-7-23-16-35(12-11-27(42)20-35)17-24(36(23,28)18-22)14-26-13-21-5-3-4-6-30(21)40-26/h3-6,13,17,22-23,25,27-29,31-32,40,42-45H,8,10-12,14-16,18-20H2,1-2H3,(H3,38,39,41). The van der Waals surface area contributed by atoms with Crippen LogP contribution in [-0.2, 0) is 6.42 Å². The molecule has 12 atom stereocenters. The minimum absolute atomic E-state index is 0.0290. The zero-order valence-corrected chi connectivity index (χ0v) is 26.5. The van der Waals surface area contributed by atoms with Crippen LogP contribution in [-0.4, -0.2) is 67.9 Å². The van der Waals surface area contributed by atoms with Gasteiger partial charge in [0.1, 0.15) is 0 Å². The van der Waals surface area contributed by atoms with E-state index in [0.717, 1.165) is 62.6 Å². The van der Waals surface area contributed by atoms with E-state index in [1.54, 1.807) is 7.05 Å². The van der Waals surface area contributed by atoms with Gasteiger partial charge in [0.2, 0.25) is 0 Å². The van der Waals surface area contributed by atoms with Crippen LogP contribution in [0.1, 0.15) is 70.4 Å². The number of aromatic nitrogens is 1. The summed E-state index contributed by atoms with van der Waals surface area (Å²) >= 11 is 0. The largest absolute Gasteiger partial charge is 0.393 e. The van der Waals surface area contributed by atoms with Gasteiger partial charge in [0.25, 0.3) is 0 Å². The van der Waals surface area contributed by atoms with Crippen LogP contribution >= 0.6 is 0 Å². The molecule has 5 saturated carbocycles. The number of hydrogen-bond donors (Lipinski definition) is 7. The third kappa shape index (κ3) is 4.30. The Bertz CT molecular complexity index is 1600. The molecule has 8 N–H and O–H groups in total. The van der Waals surface area contributed by atoms with Crippen LogP contribution < -0.4 is 11.1 Å². The molecule has 7 aliphatic carbocycles. The Labute approximate surface area is 265 Å². The van der Waals surface area contributed by atoms with E-state index in [0.29, 0.717) is 6.42 Å². The number of aliphatic imine (C=N–C) groups is 1. The maximum atomic E-state index is 12.8. The van der Waals surface area contributed by atoms with Crippen LogP contribution in [0.3, 0.4) is 0 Å². The van der Waals surface area contributed by atoms with Crippen LogP contribution in [0.25, 0.3) is 10.9 Å². The second-order valence-electron chi connectivity index (χ2n) is 15.8. The second-order valence-corrected chi connectivity index (χ2v) is 15.8. The number of allylic oxidation sites excluding steroid dienone is 2. The number of fused-ring (bicyclic) bond motifs is 2. The summed E-state index contributed by atoms with van der Waals surface area (Å²) in [6.45, 7) is 1.97. The van der Waals surface area contributed by atoms with Crippen molar-refractivity contribution < 1.29 is 20.4 Å². The SMILES string of the molecule is CN=C(N)NC1C#CC2CC3(C=C(Cc4cc5ccccc5[nH]4)C24CC2CCC4C4C(CC(O)C4(O)C1)C2(C)O)CCC(O)C3. The third-order valence-corrected chi connectivity index (χ3v) is 13.6. The zero-order valence-electron chi connectivity index (χ0n) is 26.5. The molecule has 2 spiro atoms. The average molecular weight is 613 g/mol.